The molecular weight excluding hydrogens is 204 g/mol. The van der Waals surface area contributed by atoms with Crippen LogP contribution in [-0.2, 0) is 0 Å². The van der Waals surface area contributed by atoms with Crippen LogP contribution < -0.4 is 0 Å². The van der Waals surface area contributed by atoms with Crippen molar-refractivity contribution in [2.75, 3.05) is 0 Å². The molecule has 0 aromatic heterocycles. The Kier molecular flexibility index (Phi) is 4.21. The third-order valence-electron chi connectivity index (χ3n) is 2.35. The molecule has 82 valence electrons. The molecule has 2 atom stereocenters. The SMILES string of the molecule is CC(N=[N+]=[N-])c1ccc(C(C)N=[N+]=[N-])cc1. The number of azide groups is 2. The first-order valence-corrected chi connectivity index (χ1v) is 4.87. The molecule has 2 unspecified atom stereocenters. The summed E-state index contributed by atoms with van der Waals surface area (Å²) >= 11 is 0. The lowest BCUT2D eigenvalue weighted by Gasteiger charge is -2.08. The van der Waals surface area contributed by atoms with E-state index in [1.54, 1.807) is 0 Å². The summed E-state index contributed by atoms with van der Waals surface area (Å²) in [5, 5.41) is 7.21. The highest BCUT2D eigenvalue weighted by atomic mass is 15.1. The van der Waals surface area contributed by atoms with E-state index in [-0.39, 0.29) is 12.1 Å². The largest absolute Gasteiger partial charge is 0.0862 e. The topological polar surface area (TPSA) is 97.5 Å². The van der Waals surface area contributed by atoms with Crippen LogP contribution in [0.2, 0.25) is 0 Å². The monoisotopic (exact) mass is 216 g/mol. The van der Waals surface area contributed by atoms with E-state index in [9.17, 15) is 0 Å². The van der Waals surface area contributed by atoms with Gasteiger partial charge in [-0.15, -0.1) is 0 Å². The Morgan fingerprint density at radius 3 is 1.44 bits per heavy atom. The van der Waals surface area contributed by atoms with E-state index in [4.69, 9.17) is 11.1 Å². The molecule has 6 nitrogen and oxygen atoms in total. The Bertz CT molecular complexity index is 396. The lowest BCUT2D eigenvalue weighted by molar-refractivity contribution is 0.789. The van der Waals surface area contributed by atoms with Gasteiger partial charge in [0.2, 0.25) is 0 Å². The molecule has 0 spiro atoms. The second kappa shape index (κ2) is 5.66. The number of rotatable bonds is 4. The van der Waals surface area contributed by atoms with Gasteiger partial charge in [-0.05, 0) is 22.2 Å². The number of nitrogens with zero attached hydrogens (tertiary/aromatic N) is 6. The molecule has 6 heteroatoms. The molecule has 0 aliphatic heterocycles. The van der Waals surface area contributed by atoms with Crippen molar-refractivity contribution in [3.8, 4) is 0 Å². The van der Waals surface area contributed by atoms with Gasteiger partial charge in [-0.1, -0.05) is 48.3 Å². The van der Waals surface area contributed by atoms with Gasteiger partial charge in [0.25, 0.3) is 0 Å². The first kappa shape index (κ1) is 11.9. The van der Waals surface area contributed by atoms with Crippen molar-refractivity contribution < 1.29 is 0 Å². The van der Waals surface area contributed by atoms with Crippen LogP contribution in [0.25, 0.3) is 20.9 Å². The highest BCUT2D eigenvalue weighted by molar-refractivity contribution is 5.26. The Balaban J connectivity index is 2.90. The molecule has 0 saturated heterocycles. The molecule has 0 radical (unpaired) electrons. The normalized spacial score (nSPS) is 13.1. The molecular formula is C10H12N6. The number of hydrogen-bond donors (Lipinski definition) is 0. The van der Waals surface area contributed by atoms with Gasteiger partial charge in [-0.25, -0.2) is 0 Å². The van der Waals surface area contributed by atoms with Crippen LogP contribution >= 0.6 is 0 Å². The summed E-state index contributed by atoms with van der Waals surface area (Å²) < 4.78 is 0. The molecule has 0 fully saturated rings. The Hall–Kier alpha value is -2.16. The van der Waals surface area contributed by atoms with Gasteiger partial charge in [0.05, 0.1) is 12.1 Å². The average Bonchev–Trinajstić information content (AvgIpc) is 2.30. The van der Waals surface area contributed by atoms with E-state index < -0.39 is 0 Å². The summed E-state index contributed by atoms with van der Waals surface area (Å²) in [4.78, 5) is 5.51. The van der Waals surface area contributed by atoms with Gasteiger partial charge in [0.15, 0.2) is 0 Å². The van der Waals surface area contributed by atoms with Gasteiger partial charge in [0.1, 0.15) is 0 Å². The summed E-state index contributed by atoms with van der Waals surface area (Å²) in [6.07, 6.45) is 0. The van der Waals surface area contributed by atoms with Crippen LogP contribution in [-0.4, -0.2) is 0 Å². The summed E-state index contributed by atoms with van der Waals surface area (Å²) in [7, 11) is 0. The smallest absolute Gasteiger partial charge is 0.0597 e. The third-order valence-corrected chi connectivity index (χ3v) is 2.35. The van der Waals surface area contributed by atoms with Gasteiger partial charge in [-0.2, -0.15) is 0 Å². The maximum Gasteiger partial charge on any atom is 0.0597 e. The molecule has 16 heavy (non-hydrogen) atoms. The standard InChI is InChI=1S/C10H12N6/c1-7(13-15-11)9-3-5-10(6-4-9)8(2)14-16-12/h3-8H,1-2H3. The first-order valence-electron chi connectivity index (χ1n) is 4.87. The summed E-state index contributed by atoms with van der Waals surface area (Å²) in [5.74, 6) is 0. The highest BCUT2D eigenvalue weighted by Gasteiger charge is 2.05. The van der Waals surface area contributed by atoms with Crippen LogP contribution in [0.15, 0.2) is 34.5 Å². The fraction of sp³-hybridized carbons (Fsp3) is 0.400. The molecule has 1 aromatic carbocycles. The van der Waals surface area contributed by atoms with E-state index in [0.717, 1.165) is 11.1 Å². The average molecular weight is 216 g/mol. The van der Waals surface area contributed by atoms with Crippen molar-refractivity contribution in [1.82, 2.24) is 0 Å². The molecule has 0 aliphatic rings. The zero-order valence-corrected chi connectivity index (χ0v) is 9.15. The first-order chi connectivity index (χ1) is 7.69. The fourth-order valence-electron chi connectivity index (χ4n) is 1.34. The van der Waals surface area contributed by atoms with Crippen LogP contribution in [0.1, 0.15) is 37.1 Å². The predicted molar refractivity (Wildman–Crippen MR) is 61.6 cm³/mol. The van der Waals surface area contributed by atoms with Crippen molar-refractivity contribution in [1.29, 1.82) is 0 Å². The van der Waals surface area contributed by atoms with Crippen molar-refractivity contribution in [2.45, 2.75) is 25.9 Å². The van der Waals surface area contributed by atoms with E-state index >= 15 is 0 Å². The van der Waals surface area contributed by atoms with Gasteiger partial charge in [0, 0.05) is 9.82 Å². The maximum absolute atomic E-state index is 8.31. The summed E-state index contributed by atoms with van der Waals surface area (Å²) in [6.45, 7) is 3.65. The number of benzene rings is 1. The minimum absolute atomic E-state index is 0.186. The molecule has 0 heterocycles. The van der Waals surface area contributed by atoms with Crippen molar-refractivity contribution in [3.05, 3.63) is 56.3 Å². The van der Waals surface area contributed by atoms with Crippen molar-refractivity contribution in [3.63, 3.8) is 0 Å². The van der Waals surface area contributed by atoms with Crippen LogP contribution in [0.3, 0.4) is 0 Å². The zero-order chi connectivity index (χ0) is 12.0. The summed E-state index contributed by atoms with van der Waals surface area (Å²) in [6, 6.07) is 7.12. The van der Waals surface area contributed by atoms with E-state index in [1.165, 1.54) is 0 Å². The summed E-state index contributed by atoms with van der Waals surface area (Å²) in [5.41, 5.74) is 18.5. The Morgan fingerprint density at radius 1 is 0.875 bits per heavy atom. The third kappa shape index (κ3) is 2.92. The lowest BCUT2D eigenvalue weighted by atomic mass is 10.0. The molecule has 1 aromatic rings. The molecule has 0 N–H and O–H groups in total. The number of hydrogen-bond acceptors (Lipinski definition) is 2. The second-order valence-corrected chi connectivity index (χ2v) is 3.43. The minimum atomic E-state index is -0.186. The Morgan fingerprint density at radius 2 is 1.19 bits per heavy atom. The van der Waals surface area contributed by atoms with Gasteiger partial charge in [-0.3, -0.25) is 0 Å². The molecule has 0 aliphatic carbocycles. The van der Waals surface area contributed by atoms with Gasteiger partial charge < -0.3 is 0 Å². The fourth-order valence-corrected chi connectivity index (χ4v) is 1.34. The molecule has 0 amide bonds. The minimum Gasteiger partial charge on any atom is -0.0862 e. The van der Waals surface area contributed by atoms with E-state index in [0.29, 0.717) is 0 Å². The molecule has 1 rings (SSSR count). The van der Waals surface area contributed by atoms with Crippen LogP contribution in [0.5, 0.6) is 0 Å². The van der Waals surface area contributed by atoms with Crippen molar-refractivity contribution in [2.24, 2.45) is 10.2 Å². The van der Waals surface area contributed by atoms with Crippen LogP contribution in [0, 0.1) is 0 Å². The maximum atomic E-state index is 8.31. The predicted octanol–water partition coefficient (Wildman–Crippen LogP) is 4.43. The second-order valence-electron chi connectivity index (χ2n) is 3.43. The highest BCUT2D eigenvalue weighted by Crippen LogP contribution is 2.21. The Labute approximate surface area is 93.2 Å². The molecule has 0 saturated carbocycles. The molecule has 0 bridgehead atoms. The van der Waals surface area contributed by atoms with Crippen LogP contribution in [0.4, 0.5) is 0 Å². The van der Waals surface area contributed by atoms with Crippen molar-refractivity contribution >= 4 is 0 Å². The zero-order valence-electron chi connectivity index (χ0n) is 9.15. The lowest BCUT2D eigenvalue weighted by Crippen LogP contribution is -1.91. The van der Waals surface area contributed by atoms with E-state index in [2.05, 4.69) is 20.1 Å². The van der Waals surface area contributed by atoms with E-state index in [1.807, 2.05) is 38.1 Å². The quantitative estimate of drug-likeness (QED) is 0.404. The van der Waals surface area contributed by atoms with Gasteiger partial charge >= 0.3 is 0 Å².